The smallest absolute Gasteiger partial charge is 0.0658 e. The first kappa shape index (κ1) is 11.3. The van der Waals surface area contributed by atoms with Gasteiger partial charge in [-0.1, -0.05) is 11.6 Å². The highest BCUT2D eigenvalue weighted by molar-refractivity contribution is 7.08. The Morgan fingerprint density at radius 1 is 1.38 bits per heavy atom. The molecule has 0 aliphatic carbocycles. The molecule has 0 amide bonds. The van der Waals surface area contributed by atoms with Gasteiger partial charge in [-0.15, -0.1) is 0 Å². The number of nitrogens with two attached hydrogens (primary N) is 1. The first-order valence-electron chi connectivity index (χ1n) is 4.97. The van der Waals surface area contributed by atoms with Crippen LogP contribution in [0.1, 0.15) is 11.1 Å². The van der Waals surface area contributed by atoms with Gasteiger partial charge in [0.2, 0.25) is 0 Å². The topological polar surface area (TPSA) is 38.0 Å². The largest absolute Gasteiger partial charge is 0.399 e. The summed E-state index contributed by atoms with van der Waals surface area (Å²) in [6.07, 6.45) is 0. The Kier molecular flexibility index (Phi) is 3.36. The molecule has 0 atom stereocenters. The minimum absolute atomic E-state index is 0.660. The van der Waals surface area contributed by atoms with Crippen LogP contribution in [-0.2, 0) is 6.54 Å². The molecule has 0 aliphatic heterocycles. The molecule has 84 valence electrons. The van der Waals surface area contributed by atoms with Gasteiger partial charge in [-0.05, 0) is 47.0 Å². The molecule has 16 heavy (non-hydrogen) atoms. The molecule has 0 bridgehead atoms. The van der Waals surface area contributed by atoms with Crippen molar-refractivity contribution in [2.24, 2.45) is 0 Å². The van der Waals surface area contributed by atoms with Crippen molar-refractivity contribution in [2.45, 2.75) is 13.5 Å². The van der Waals surface area contributed by atoms with Crippen LogP contribution in [0.3, 0.4) is 0 Å². The number of hydrogen-bond donors (Lipinski definition) is 2. The number of nitrogen functional groups attached to an aromatic ring is 1. The number of benzene rings is 1. The van der Waals surface area contributed by atoms with Crippen molar-refractivity contribution < 1.29 is 0 Å². The standard InChI is InChI=1S/C12H13ClN2S/c1-8-6-16-7-9(8)5-15-12-3-2-10(14)4-11(12)13/h2-4,6-7,15H,5,14H2,1H3. The Balaban J connectivity index is 2.08. The van der Waals surface area contributed by atoms with E-state index >= 15 is 0 Å². The Hall–Kier alpha value is -1.19. The van der Waals surface area contributed by atoms with E-state index in [1.54, 1.807) is 17.4 Å². The fraction of sp³-hybridized carbons (Fsp3) is 0.167. The summed E-state index contributed by atoms with van der Waals surface area (Å²) in [7, 11) is 0. The number of halogens is 1. The number of hydrogen-bond acceptors (Lipinski definition) is 3. The van der Waals surface area contributed by atoms with Crippen LogP contribution in [0.25, 0.3) is 0 Å². The van der Waals surface area contributed by atoms with Crippen LogP contribution in [0.2, 0.25) is 5.02 Å². The van der Waals surface area contributed by atoms with Crippen molar-refractivity contribution in [2.75, 3.05) is 11.1 Å². The Labute approximate surface area is 104 Å². The summed E-state index contributed by atoms with van der Waals surface area (Å²) in [5.41, 5.74) is 9.85. The summed E-state index contributed by atoms with van der Waals surface area (Å²) in [6.45, 7) is 2.90. The molecule has 2 nitrogen and oxygen atoms in total. The molecule has 0 radical (unpaired) electrons. The number of thiophene rings is 1. The van der Waals surface area contributed by atoms with E-state index in [9.17, 15) is 0 Å². The number of nitrogens with one attached hydrogen (secondary N) is 1. The van der Waals surface area contributed by atoms with Gasteiger partial charge in [0.15, 0.2) is 0 Å². The third-order valence-corrected chi connectivity index (χ3v) is 3.65. The summed E-state index contributed by atoms with van der Waals surface area (Å²) in [6, 6.07) is 5.50. The van der Waals surface area contributed by atoms with Crippen LogP contribution in [0.15, 0.2) is 29.0 Å². The van der Waals surface area contributed by atoms with Crippen molar-refractivity contribution in [1.29, 1.82) is 0 Å². The highest BCUT2D eigenvalue weighted by Crippen LogP contribution is 2.25. The predicted octanol–water partition coefficient (Wildman–Crippen LogP) is 3.90. The first-order valence-corrected chi connectivity index (χ1v) is 6.29. The van der Waals surface area contributed by atoms with Gasteiger partial charge in [0.05, 0.1) is 10.7 Å². The summed E-state index contributed by atoms with van der Waals surface area (Å²) < 4.78 is 0. The van der Waals surface area contributed by atoms with E-state index in [1.807, 2.05) is 12.1 Å². The second kappa shape index (κ2) is 4.76. The van der Waals surface area contributed by atoms with E-state index in [-0.39, 0.29) is 0 Å². The lowest BCUT2D eigenvalue weighted by molar-refractivity contribution is 1.14. The molecule has 0 unspecified atom stereocenters. The number of aryl methyl sites for hydroxylation is 1. The molecule has 3 N–H and O–H groups in total. The second-order valence-corrected chi connectivity index (χ2v) is 4.82. The minimum Gasteiger partial charge on any atom is -0.399 e. The Morgan fingerprint density at radius 3 is 2.81 bits per heavy atom. The van der Waals surface area contributed by atoms with Crippen LogP contribution in [0, 0.1) is 6.92 Å². The summed E-state index contributed by atoms with van der Waals surface area (Å²) in [4.78, 5) is 0. The molecular formula is C12H13ClN2S. The van der Waals surface area contributed by atoms with E-state index < -0.39 is 0 Å². The quantitative estimate of drug-likeness (QED) is 0.813. The van der Waals surface area contributed by atoms with Gasteiger partial charge in [-0.3, -0.25) is 0 Å². The SMILES string of the molecule is Cc1cscc1CNc1ccc(N)cc1Cl. The Morgan fingerprint density at radius 2 is 2.19 bits per heavy atom. The van der Waals surface area contributed by atoms with Gasteiger partial charge in [-0.25, -0.2) is 0 Å². The molecule has 4 heteroatoms. The van der Waals surface area contributed by atoms with E-state index in [0.717, 1.165) is 12.2 Å². The van der Waals surface area contributed by atoms with Gasteiger partial charge >= 0.3 is 0 Å². The maximum absolute atomic E-state index is 6.07. The molecule has 1 aromatic heterocycles. The number of anilines is 2. The van der Waals surface area contributed by atoms with Crippen LogP contribution < -0.4 is 11.1 Å². The molecule has 2 rings (SSSR count). The van der Waals surface area contributed by atoms with Gasteiger partial charge in [-0.2, -0.15) is 11.3 Å². The van der Waals surface area contributed by atoms with E-state index in [4.69, 9.17) is 17.3 Å². The van der Waals surface area contributed by atoms with Crippen molar-refractivity contribution in [3.8, 4) is 0 Å². The summed E-state index contributed by atoms with van der Waals surface area (Å²) in [5.74, 6) is 0. The van der Waals surface area contributed by atoms with E-state index in [2.05, 4.69) is 23.0 Å². The normalized spacial score (nSPS) is 10.4. The fourth-order valence-electron chi connectivity index (χ4n) is 1.43. The zero-order valence-electron chi connectivity index (χ0n) is 8.96. The average Bonchev–Trinajstić information content (AvgIpc) is 2.63. The van der Waals surface area contributed by atoms with Crippen LogP contribution in [-0.4, -0.2) is 0 Å². The first-order chi connectivity index (χ1) is 7.66. The molecule has 0 spiro atoms. The van der Waals surface area contributed by atoms with Gasteiger partial charge < -0.3 is 11.1 Å². The van der Waals surface area contributed by atoms with Crippen molar-refractivity contribution >= 4 is 34.3 Å². The zero-order chi connectivity index (χ0) is 11.5. The summed E-state index contributed by atoms with van der Waals surface area (Å²) in [5, 5.41) is 8.25. The lowest BCUT2D eigenvalue weighted by Crippen LogP contribution is -2.00. The van der Waals surface area contributed by atoms with Crippen LogP contribution in [0.5, 0.6) is 0 Å². The third-order valence-electron chi connectivity index (χ3n) is 2.42. The van der Waals surface area contributed by atoms with Crippen LogP contribution in [0.4, 0.5) is 11.4 Å². The maximum Gasteiger partial charge on any atom is 0.0658 e. The van der Waals surface area contributed by atoms with Crippen molar-refractivity contribution in [3.63, 3.8) is 0 Å². The maximum atomic E-state index is 6.07. The summed E-state index contributed by atoms with van der Waals surface area (Å²) >= 11 is 7.78. The highest BCUT2D eigenvalue weighted by atomic mass is 35.5. The molecule has 0 saturated carbocycles. The van der Waals surface area contributed by atoms with Gasteiger partial charge in [0, 0.05) is 12.2 Å². The van der Waals surface area contributed by atoms with Crippen molar-refractivity contribution in [3.05, 3.63) is 45.1 Å². The zero-order valence-corrected chi connectivity index (χ0v) is 10.5. The Bertz CT molecular complexity index is 494. The molecule has 0 aliphatic rings. The minimum atomic E-state index is 0.660. The molecule has 2 aromatic rings. The molecular weight excluding hydrogens is 240 g/mol. The number of rotatable bonds is 3. The van der Waals surface area contributed by atoms with E-state index in [1.165, 1.54) is 11.1 Å². The fourth-order valence-corrected chi connectivity index (χ4v) is 2.55. The molecule has 1 heterocycles. The second-order valence-electron chi connectivity index (χ2n) is 3.67. The van der Waals surface area contributed by atoms with Crippen LogP contribution >= 0.6 is 22.9 Å². The highest BCUT2D eigenvalue weighted by Gasteiger charge is 2.02. The lowest BCUT2D eigenvalue weighted by atomic mass is 10.2. The molecule has 0 fully saturated rings. The van der Waals surface area contributed by atoms with Crippen molar-refractivity contribution in [1.82, 2.24) is 0 Å². The van der Waals surface area contributed by atoms with Gasteiger partial charge in [0.25, 0.3) is 0 Å². The third kappa shape index (κ3) is 2.49. The lowest BCUT2D eigenvalue weighted by Gasteiger charge is -2.08. The monoisotopic (exact) mass is 252 g/mol. The van der Waals surface area contributed by atoms with E-state index in [0.29, 0.717) is 10.7 Å². The molecule has 1 aromatic carbocycles. The molecule has 0 saturated heterocycles. The van der Waals surface area contributed by atoms with Gasteiger partial charge in [0.1, 0.15) is 0 Å². The average molecular weight is 253 g/mol. The predicted molar refractivity (Wildman–Crippen MR) is 72.2 cm³/mol.